The SMILES string of the molecule is Cc1ccc(-c2[nH]ncc2CNC2CCN3CCCC23)o1. The first-order valence-electron chi connectivity index (χ1n) is 7.88. The van der Waals surface area contributed by atoms with Crippen LogP contribution in [0.5, 0.6) is 0 Å². The fourth-order valence-corrected chi connectivity index (χ4v) is 3.79. The number of aryl methyl sites for hydroxylation is 1. The number of hydrogen-bond acceptors (Lipinski definition) is 4. The summed E-state index contributed by atoms with van der Waals surface area (Å²) in [5, 5.41) is 11.0. The van der Waals surface area contributed by atoms with E-state index in [1.54, 1.807) is 0 Å². The summed E-state index contributed by atoms with van der Waals surface area (Å²) < 4.78 is 5.70. The number of nitrogens with one attached hydrogen (secondary N) is 2. The molecule has 0 saturated carbocycles. The minimum atomic E-state index is 0.619. The van der Waals surface area contributed by atoms with Crippen LogP contribution in [0, 0.1) is 6.92 Å². The highest BCUT2D eigenvalue weighted by atomic mass is 16.3. The van der Waals surface area contributed by atoms with Crippen molar-refractivity contribution in [2.75, 3.05) is 13.1 Å². The maximum Gasteiger partial charge on any atom is 0.152 e. The molecule has 0 spiro atoms. The molecule has 2 N–H and O–H groups in total. The molecule has 0 aromatic carbocycles. The van der Waals surface area contributed by atoms with Crippen molar-refractivity contribution in [3.8, 4) is 11.5 Å². The maximum absolute atomic E-state index is 5.70. The molecule has 2 fully saturated rings. The molecule has 5 nitrogen and oxygen atoms in total. The molecule has 21 heavy (non-hydrogen) atoms. The van der Waals surface area contributed by atoms with Gasteiger partial charge in [0.1, 0.15) is 11.5 Å². The minimum Gasteiger partial charge on any atom is -0.460 e. The molecule has 4 heterocycles. The Morgan fingerprint density at radius 2 is 2.33 bits per heavy atom. The second kappa shape index (κ2) is 5.31. The summed E-state index contributed by atoms with van der Waals surface area (Å²) in [6.45, 7) is 5.34. The normalized spacial score (nSPS) is 25.6. The van der Waals surface area contributed by atoms with Gasteiger partial charge in [-0.05, 0) is 44.9 Å². The van der Waals surface area contributed by atoms with Crippen LogP contribution in [0.2, 0.25) is 0 Å². The van der Waals surface area contributed by atoms with Gasteiger partial charge in [-0.1, -0.05) is 0 Å². The Balaban J connectivity index is 1.45. The molecule has 5 heteroatoms. The number of aromatic nitrogens is 2. The van der Waals surface area contributed by atoms with E-state index in [0.29, 0.717) is 6.04 Å². The first-order chi connectivity index (χ1) is 10.3. The third-order valence-electron chi connectivity index (χ3n) is 4.87. The summed E-state index contributed by atoms with van der Waals surface area (Å²) >= 11 is 0. The van der Waals surface area contributed by atoms with E-state index in [9.17, 15) is 0 Å². The van der Waals surface area contributed by atoms with Gasteiger partial charge in [0, 0.05) is 30.7 Å². The van der Waals surface area contributed by atoms with Crippen LogP contribution in [-0.4, -0.2) is 40.3 Å². The van der Waals surface area contributed by atoms with Gasteiger partial charge in [-0.25, -0.2) is 0 Å². The van der Waals surface area contributed by atoms with E-state index in [0.717, 1.165) is 29.8 Å². The standard InChI is InChI=1S/C16H22N4O/c1-11-4-5-15(21-11)16-12(10-18-19-16)9-17-13-6-8-20-7-2-3-14(13)20/h4-5,10,13-14,17H,2-3,6-9H2,1H3,(H,18,19). The minimum absolute atomic E-state index is 0.619. The lowest BCUT2D eigenvalue weighted by atomic mass is 10.1. The number of rotatable bonds is 4. The number of nitrogens with zero attached hydrogens (tertiary/aromatic N) is 2. The fourth-order valence-electron chi connectivity index (χ4n) is 3.79. The zero-order valence-electron chi connectivity index (χ0n) is 12.4. The average molecular weight is 286 g/mol. The molecule has 2 aliphatic rings. The molecule has 0 radical (unpaired) electrons. The van der Waals surface area contributed by atoms with Gasteiger partial charge in [0.25, 0.3) is 0 Å². The predicted molar refractivity (Wildman–Crippen MR) is 80.9 cm³/mol. The molecular formula is C16H22N4O. The van der Waals surface area contributed by atoms with Crippen molar-refractivity contribution in [1.82, 2.24) is 20.4 Å². The van der Waals surface area contributed by atoms with Crippen LogP contribution in [-0.2, 0) is 6.54 Å². The molecule has 2 aromatic heterocycles. The topological polar surface area (TPSA) is 57.1 Å². The first-order valence-corrected chi connectivity index (χ1v) is 7.88. The van der Waals surface area contributed by atoms with Crippen LogP contribution >= 0.6 is 0 Å². The summed E-state index contributed by atoms with van der Waals surface area (Å²) in [4.78, 5) is 2.63. The smallest absolute Gasteiger partial charge is 0.152 e. The van der Waals surface area contributed by atoms with Gasteiger partial charge in [0.15, 0.2) is 5.76 Å². The molecule has 2 saturated heterocycles. The highest BCUT2D eigenvalue weighted by Gasteiger charge is 2.36. The maximum atomic E-state index is 5.70. The molecule has 4 rings (SSSR count). The van der Waals surface area contributed by atoms with Gasteiger partial charge in [-0.3, -0.25) is 10.00 Å². The van der Waals surface area contributed by atoms with Gasteiger partial charge < -0.3 is 9.73 Å². The highest BCUT2D eigenvalue weighted by molar-refractivity contribution is 5.56. The fraction of sp³-hybridized carbons (Fsp3) is 0.562. The Labute approximate surface area is 124 Å². The summed E-state index contributed by atoms with van der Waals surface area (Å²) in [5.74, 6) is 1.80. The predicted octanol–water partition coefficient (Wildman–Crippen LogP) is 2.30. The van der Waals surface area contributed by atoms with E-state index in [2.05, 4.69) is 20.4 Å². The zero-order chi connectivity index (χ0) is 14.2. The van der Waals surface area contributed by atoms with E-state index >= 15 is 0 Å². The largest absolute Gasteiger partial charge is 0.460 e. The van der Waals surface area contributed by atoms with Crippen LogP contribution in [0.4, 0.5) is 0 Å². The average Bonchev–Trinajstić information content (AvgIpc) is 3.21. The van der Waals surface area contributed by atoms with Crippen molar-refractivity contribution in [1.29, 1.82) is 0 Å². The van der Waals surface area contributed by atoms with Gasteiger partial charge in [-0.15, -0.1) is 0 Å². The summed E-state index contributed by atoms with van der Waals surface area (Å²) in [6.07, 6.45) is 5.86. The number of fused-ring (bicyclic) bond motifs is 1. The first kappa shape index (κ1) is 13.1. The van der Waals surface area contributed by atoms with Gasteiger partial charge in [0.05, 0.1) is 6.20 Å². The van der Waals surface area contributed by atoms with Crippen molar-refractivity contribution in [3.05, 3.63) is 29.7 Å². The summed E-state index contributed by atoms with van der Waals surface area (Å²) in [7, 11) is 0. The monoisotopic (exact) mass is 286 g/mol. The summed E-state index contributed by atoms with van der Waals surface area (Å²) in [5.41, 5.74) is 2.18. The number of H-pyrrole nitrogens is 1. The third-order valence-corrected chi connectivity index (χ3v) is 4.87. The Hall–Kier alpha value is -1.59. The number of hydrogen-bond donors (Lipinski definition) is 2. The summed E-state index contributed by atoms with van der Waals surface area (Å²) in [6, 6.07) is 5.35. The second-order valence-corrected chi connectivity index (χ2v) is 6.20. The van der Waals surface area contributed by atoms with Gasteiger partial charge in [0.2, 0.25) is 0 Å². The Morgan fingerprint density at radius 1 is 1.38 bits per heavy atom. The lowest BCUT2D eigenvalue weighted by Gasteiger charge is -2.21. The number of furan rings is 1. The van der Waals surface area contributed by atoms with E-state index in [1.165, 1.54) is 37.9 Å². The highest BCUT2D eigenvalue weighted by Crippen LogP contribution is 2.29. The molecule has 0 amide bonds. The lowest BCUT2D eigenvalue weighted by molar-refractivity contribution is 0.298. The zero-order valence-corrected chi connectivity index (χ0v) is 12.4. The molecule has 2 aromatic rings. The van der Waals surface area contributed by atoms with Crippen LogP contribution < -0.4 is 5.32 Å². The Bertz CT molecular complexity index is 617. The molecule has 112 valence electrons. The quantitative estimate of drug-likeness (QED) is 0.905. The van der Waals surface area contributed by atoms with Crippen LogP contribution in [0.1, 0.15) is 30.6 Å². The van der Waals surface area contributed by atoms with Crippen molar-refractivity contribution < 1.29 is 4.42 Å². The van der Waals surface area contributed by atoms with Crippen molar-refractivity contribution >= 4 is 0 Å². The van der Waals surface area contributed by atoms with Crippen molar-refractivity contribution in [3.63, 3.8) is 0 Å². The van der Waals surface area contributed by atoms with E-state index < -0.39 is 0 Å². The van der Waals surface area contributed by atoms with Crippen molar-refractivity contribution in [2.24, 2.45) is 0 Å². The Morgan fingerprint density at radius 3 is 3.19 bits per heavy atom. The molecule has 0 aliphatic carbocycles. The lowest BCUT2D eigenvalue weighted by Crippen LogP contribution is -2.38. The van der Waals surface area contributed by atoms with E-state index in [1.807, 2.05) is 25.3 Å². The molecule has 0 bridgehead atoms. The van der Waals surface area contributed by atoms with Crippen LogP contribution in [0.15, 0.2) is 22.7 Å². The molecule has 2 unspecified atom stereocenters. The third kappa shape index (κ3) is 2.40. The van der Waals surface area contributed by atoms with E-state index in [4.69, 9.17) is 4.42 Å². The van der Waals surface area contributed by atoms with Crippen LogP contribution in [0.3, 0.4) is 0 Å². The van der Waals surface area contributed by atoms with Gasteiger partial charge >= 0.3 is 0 Å². The van der Waals surface area contributed by atoms with Gasteiger partial charge in [-0.2, -0.15) is 5.10 Å². The van der Waals surface area contributed by atoms with Crippen LogP contribution in [0.25, 0.3) is 11.5 Å². The van der Waals surface area contributed by atoms with E-state index in [-0.39, 0.29) is 0 Å². The molecule has 2 aliphatic heterocycles. The second-order valence-electron chi connectivity index (χ2n) is 6.20. The molecular weight excluding hydrogens is 264 g/mol. The number of aromatic amines is 1. The van der Waals surface area contributed by atoms with Crippen molar-refractivity contribution in [2.45, 2.75) is 44.8 Å². The molecule has 2 atom stereocenters. The Kier molecular flexibility index (Phi) is 3.31.